The summed E-state index contributed by atoms with van der Waals surface area (Å²) in [6.45, 7) is 1.98. The minimum Gasteiger partial charge on any atom is -0.497 e. The summed E-state index contributed by atoms with van der Waals surface area (Å²) in [7, 11) is 1.59. The highest BCUT2D eigenvalue weighted by Crippen LogP contribution is 2.17. The molecule has 1 unspecified atom stereocenters. The van der Waals surface area contributed by atoms with Crippen LogP contribution in [-0.4, -0.2) is 44.7 Å². The summed E-state index contributed by atoms with van der Waals surface area (Å²) in [6, 6.07) is 13.9. The molecule has 1 fully saturated rings. The molecule has 2 aromatic rings. The number of ether oxygens (including phenoxy) is 2. The minimum atomic E-state index is -0.221. The van der Waals surface area contributed by atoms with E-state index in [-0.39, 0.29) is 17.9 Å². The van der Waals surface area contributed by atoms with Crippen molar-refractivity contribution in [2.24, 2.45) is 0 Å². The number of rotatable bonds is 6. The van der Waals surface area contributed by atoms with Gasteiger partial charge in [0.05, 0.1) is 20.3 Å². The number of amides is 2. The van der Waals surface area contributed by atoms with Gasteiger partial charge in [0.2, 0.25) is 5.91 Å². The third-order valence-corrected chi connectivity index (χ3v) is 4.21. The topological polar surface area (TPSA) is 88.7 Å². The molecule has 0 spiro atoms. The number of carbonyl (C=O) groups is 2. The van der Waals surface area contributed by atoms with E-state index in [1.807, 2.05) is 0 Å². The Bertz CT molecular complexity index is 769. The zero-order chi connectivity index (χ0) is 19.1. The zero-order valence-electron chi connectivity index (χ0n) is 15.2. The molecule has 27 heavy (non-hydrogen) atoms. The fourth-order valence-corrected chi connectivity index (χ4v) is 2.77. The lowest BCUT2D eigenvalue weighted by molar-refractivity contribution is -0.117. The molecule has 1 heterocycles. The van der Waals surface area contributed by atoms with E-state index >= 15 is 0 Å². The van der Waals surface area contributed by atoms with E-state index in [9.17, 15) is 9.59 Å². The van der Waals surface area contributed by atoms with Crippen LogP contribution in [0.4, 0.5) is 11.4 Å². The van der Waals surface area contributed by atoms with Gasteiger partial charge in [-0.3, -0.25) is 9.59 Å². The number of carbonyl (C=O) groups excluding carboxylic acids is 2. The summed E-state index contributed by atoms with van der Waals surface area (Å²) in [5.41, 5.74) is 1.84. The van der Waals surface area contributed by atoms with Gasteiger partial charge in [-0.15, -0.1) is 0 Å². The van der Waals surface area contributed by atoms with E-state index in [4.69, 9.17) is 9.47 Å². The summed E-state index contributed by atoms with van der Waals surface area (Å²) < 4.78 is 10.4. The highest BCUT2D eigenvalue weighted by atomic mass is 16.5. The average molecular weight is 369 g/mol. The standard InChI is InChI=1S/C20H23N3O4/c1-26-18-8-6-16(7-9-18)23-20(25)14-2-4-15(5-3-14)22-19(24)12-17-13-27-11-10-21-17/h2-9,17,21H,10-13H2,1H3,(H,22,24)(H,23,25). The molecule has 142 valence electrons. The Morgan fingerprint density at radius 3 is 2.37 bits per heavy atom. The van der Waals surface area contributed by atoms with Gasteiger partial charge in [0, 0.05) is 35.9 Å². The molecule has 3 N–H and O–H groups in total. The van der Waals surface area contributed by atoms with E-state index in [0.717, 1.165) is 12.3 Å². The lowest BCUT2D eigenvalue weighted by atomic mass is 10.1. The van der Waals surface area contributed by atoms with Crippen LogP contribution in [0.2, 0.25) is 0 Å². The molecule has 2 aromatic carbocycles. The van der Waals surface area contributed by atoms with Crippen molar-refractivity contribution in [2.45, 2.75) is 12.5 Å². The monoisotopic (exact) mass is 369 g/mol. The van der Waals surface area contributed by atoms with E-state index < -0.39 is 0 Å². The smallest absolute Gasteiger partial charge is 0.255 e. The first-order chi connectivity index (χ1) is 13.1. The second kappa shape index (κ2) is 9.16. The Labute approximate surface area is 158 Å². The lowest BCUT2D eigenvalue weighted by Crippen LogP contribution is -2.43. The molecule has 2 amide bonds. The zero-order valence-corrected chi connectivity index (χ0v) is 15.2. The van der Waals surface area contributed by atoms with Crippen molar-refractivity contribution < 1.29 is 19.1 Å². The average Bonchev–Trinajstić information content (AvgIpc) is 2.70. The highest BCUT2D eigenvalue weighted by Gasteiger charge is 2.17. The van der Waals surface area contributed by atoms with E-state index in [2.05, 4.69) is 16.0 Å². The second-order valence-electron chi connectivity index (χ2n) is 6.24. The first-order valence-electron chi connectivity index (χ1n) is 8.80. The first-order valence-corrected chi connectivity index (χ1v) is 8.80. The van der Waals surface area contributed by atoms with Gasteiger partial charge in [-0.1, -0.05) is 0 Å². The van der Waals surface area contributed by atoms with Crippen LogP contribution in [0.1, 0.15) is 16.8 Å². The lowest BCUT2D eigenvalue weighted by Gasteiger charge is -2.23. The van der Waals surface area contributed by atoms with Crippen LogP contribution in [0, 0.1) is 0 Å². The SMILES string of the molecule is COc1ccc(NC(=O)c2ccc(NC(=O)CC3COCCN3)cc2)cc1. The van der Waals surface area contributed by atoms with Crippen molar-refractivity contribution >= 4 is 23.2 Å². The van der Waals surface area contributed by atoms with Gasteiger partial charge in [-0.25, -0.2) is 0 Å². The molecule has 1 saturated heterocycles. The van der Waals surface area contributed by atoms with Gasteiger partial charge in [-0.2, -0.15) is 0 Å². The van der Waals surface area contributed by atoms with Crippen LogP contribution in [-0.2, 0) is 9.53 Å². The van der Waals surface area contributed by atoms with Crippen LogP contribution in [0.15, 0.2) is 48.5 Å². The minimum absolute atomic E-state index is 0.0355. The fourth-order valence-electron chi connectivity index (χ4n) is 2.77. The second-order valence-corrected chi connectivity index (χ2v) is 6.24. The van der Waals surface area contributed by atoms with Crippen molar-refractivity contribution in [2.75, 3.05) is 37.5 Å². The van der Waals surface area contributed by atoms with Crippen molar-refractivity contribution in [3.05, 3.63) is 54.1 Å². The number of benzene rings is 2. The maximum Gasteiger partial charge on any atom is 0.255 e. The third-order valence-electron chi connectivity index (χ3n) is 4.21. The van der Waals surface area contributed by atoms with Gasteiger partial charge in [0.15, 0.2) is 0 Å². The summed E-state index contributed by atoms with van der Waals surface area (Å²) in [5, 5.41) is 8.90. The number of anilines is 2. The quantitative estimate of drug-likeness (QED) is 0.727. The van der Waals surface area contributed by atoms with Crippen LogP contribution in [0.5, 0.6) is 5.75 Å². The molecule has 1 aliphatic heterocycles. The van der Waals surface area contributed by atoms with Crippen molar-refractivity contribution in [3.8, 4) is 5.75 Å². The molecule has 0 aromatic heterocycles. The Morgan fingerprint density at radius 1 is 1.07 bits per heavy atom. The van der Waals surface area contributed by atoms with Crippen molar-refractivity contribution in [1.82, 2.24) is 5.32 Å². The molecule has 0 aliphatic carbocycles. The summed E-state index contributed by atoms with van der Waals surface area (Å²) in [4.78, 5) is 24.4. The van der Waals surface area contributed by atoms with Crippen LogP contribution in [0.25, 0.3) is 0 Å². The van der Waals surface area contributed by atoms with Gasteiger partial charge in [0.25, 0.3) is 5.91 Å². The Hall–Kier alpha value is -2.90. The molecular weight excluding hydrogens is 346 g/mol. The summed E-state index contributed by atoms with van der Waals surface area (Å²) >= 11 is 0. The predicted octanol–water partition coefficient (Wildman–Crippen LogP) is 2.26. The molecule has 0 radical (unpaired) electrons. The number of hydrogen-bond acceptors (Lipinski definition) is 5. The molecule has 3 rings (SSSR count). The fraction of sp³-hybridized carbons (Fsp3) is 0.300. The Kier molecular flexibility index (Phi) is 6.40. The van der Waals surface area contributed by atoms with Crippen LogP contribution < -0.4 is 20.7 Å². The van der Waals surface area contributed by atoms with E-state index in [1.54, 1.807) is 55.6 Å². The number of hydrogen-bond donors (Lipinski definition) is 3. The largest absolute Gasteiger partial charge is 0.497 e. The predicted molar refractivity (Wildman–Crippen MR) is 103 cm³/mol. The van der Waals surface area contributed by atoms with Gasteiger partial charge in [-0.05, 0) is 48.5 Å². The van der Waals surface area contributed by atoms with Gasteiger partial charge in [0.1, 0.15) is 5.75 Å². The molecule has 0 bridgehead atoms. The molecule has 1 aliphatic rings. The van der Waals surface area contributed by atoms with E-state index in [1.165, 1.54) is 0 Å². The van der Waals surface area contributed by atoms with Crippen molar-refractivity contribution in [1.29, 1.82) is 0 Å². The highest BCUT2D eigenvalue weighted by molar-refractivity contribution is 6.04. The summed E-state index contributed by atoms with van der Waals surface area (Å²) in [5.74, 6) is 0.415. The Morgan fingerprint density at radius 2 is 1.74 bits per heavy atom. The van der Waals surface area contributed by atoms with Crippen LogP contribution in [0.3, 0.4) is 0 Å². The molecule has 0 saturated carbocycles. The van der Waals surface area contributed by atoms with Gasteiger partial charge < -0.3 is 25.4 Å². The maximum absolute atomic E-state index is 12.3. The summed E-state index contributed by atoms with van der Waals surface area (Å²) in [6.07, 6.45) is 0.347. The maximum atomic E-state index is 12.3. The number of nitrogens with one attached hydrogen (secondary N) is 3. The first kappa shape index (κ1) is 18.9. The van der Waals surface area contributed by atoms with Crippen LogP contribution >= 0.6 is 0 Å². The Balaban J connectivity index is 1.52. The molecular formula is C20H23N3O4. The number of methoxy groups -OCH3 is 1. The molecule has 7 heteroatoms. The van der Waals surface area contributed by atoms with Gasteiger partial charge >= 0.3 is 0 Å². The number of morpholine rings is 1. The molecule has 1 atom stereocenters. The molecule has 7 nitrogen and oxygen atoms in total. The third kappa shape index (κ3) is 5.54. The normalized spacial score (nSPS) is 16.4. The van der Waals surface area contributed by atoms with E-state index in [0.29, 0.717) is 36.6 Å². The van der Waals surface area contributed by atoms with Crippen molar-refractivity contribution in [3.63, 3.8) is 0 Å².